The molecule has 1 fully saturated rings. The predicted octanol–water partition coefficient (Wildman–Crippen LogP) is 4.77. The molecule has 0 bridgehead atoms. The molecule has 4 rings (SSSR count). The molecular formula is C27H31F3N2O5S. The Bertz CT molecular complexity index is 1320. The van der Waals surface area contributed by atoms with E-state index in [9.17, 15) is 31.2 Å². The van der Waals surface area contributed by atoms with Gasteiger partial charge < -0.3 is 15.0 Å². The van der Waals surface area contributed by atoms with E-state index in [0.29, 0.717) is 42.9 Å². The van der Waals surface area contributed by atoms with E-state index < -0.39 is 33.4 Å². The average molecular weight is 553 g/mol. The second-order valence-electron chi connectivity index (χ2n) is 10.3. The topological polar surface area (TPSA) is 92.8 Å². The van der Waals surface area contributed by atoms with Crippen LogP contribution < -0.4 is 5.32 Å². The van der Waals surface area contributed by atoms with Crippen LogP contribution in [-0.4, -0.2) is 50.8 Å². The van der Waals surface area contributed by atoms with Gasteiger partial charge in [-0.05, 0) is 73.1 Å². The van der Waals surface area contributed by atoms with E-state index in [-0.39, 0.29) is 35.2 Å². The molecule has 2 aromatic carbocycles. The lowest BCUT2D eigenvalue weighted by atomic mass is 9.73. The van der Waals surface area contributed by atoms with E-state index in [0.717, 1.165) is 6.26 Å². The number of carbonyl (C=O) groups is 2. The Hall–Kier alpha value is -2.92. The van der Waals surface area contributed by atoms with E-state index in [1.807, 2.05) is 0 Å². The smallest absolute Gasteiger partial charge is 0.381 e. The lowest BCUT2D eigenvalue weighted by Gasteiger charge is -2.37. The van der Waals surface area contributed by atoms with Crippen molar-refractivity contribution in [3.63, 3.8) is 0 Å². The largest absolute Gasteiger partial charge is 0.398 e. The van der Waals surface area contributed by atoms with Crippen LogP contribution >= 0.6 is 0 Å². The van der Waals surface area contributed by atoms with Crippen LogP contribution in [0.5, 0.6) is 0 Å². The standard InChI is InChI=1S/C27H31F3N2O5S/c1-17(33)32-16-19-14-22(38(3,35)36)8-9-23(19)24(32)25(34)31-21-6-4-20(5-7-21)26(2,27(28,29)30)15-18-10-12-37-13-11-18/h4-9,14,18,24H,10-13,15-16H2,1-3H3,(H,31,34). The zero-order valence-corrected chi connectivity index (χ0v) is 22.3. The van der Waals surface area contributed by atoms with Crippen molar-refractivity contribution < 1.29 is 35.9 Å². The maximum absolute atomic E-state index is 14.2. The van der Waals surface area contributed by atoms with Gasteiger partial charge >= 0.3 is 6.18 Å². The second-order valence-corrected chi connectivity index (χ2v) is 12.4. The summed E-state index contributed by atoms with van der Waals surface area (Å²) in [6, 6.07) is 9.00. The summed E-state index contributed by atoms with van der Waals surface area (Å²) in [4.78, 5) is 27.0. The number of amides is 2. The van der Waals surface area contributed by atoms with Crippen LogP contribution in [0.4, 0.5) is 18.9 Å². The number of alkyl halides is 3. The van der Waals surface area contributed by atoms with Crippen molar-refractivity contribution in [3.8, 4) is 0 Å². The lowest BCUT2D eigenvalue weighted by molar-refractivity contribution is -0.192. The number of nitrogens with one attached hydrogen (secondary N) is 1. The Morgan fingerprint density at radius 1 is 1.08 bits per heavy atom. The highest BCUT2D eigenvalue weighted by atomic mass is 32.2. The summed E-state index contributed by atoms with van der Waals surface area (Å²) in [5, 5.41) is 2.70. The van der Waals surface area contributed by atoms with Crippen LogP contribution in [-0.2, 0) is 36.1 Å². The van der Waals surface area contributed by atoms with Gasteiger partial charge in [0, 0.05) is 38.6 Å². The van der Waals surface area contributed by atoms with Crippen LogP contribution in [0.1, 0.15) is 55.8 Å². The van der Waals surface area contributed by atoms with E-state index in [1.54, 1.807) is 0 Å². The van der Waals surface area contributed by atoms with Crippen LogP contribution in [0.25, 0.3) is 0 Å². The minimum absolute atomic E-state index is 0.0482. The first-order valence-corrected chi connectivity index (χ1v) is 14.3. The van der Waals surface area contributed by atoms with Crippen molar-refractivity contribution in [2.45, 2.75) is 62.2 Å². The van der Waals surface area contributed by atoms with Crippen molar-refractivity contribution in [1.29, 1.82) is 0 Å². The molecule has 7 nitrogen and oxygen atoms in total. The predicted molar refractivity (Wildman–Crippen MR) is 135 cm³/mol. The highest BCUT2D eigenvalue weighted by molar-refractivity contribution is 7.90. The molecule has 2 atom stereocenters. The van der Waals surface area contributed by atoms with Gasteiger partial charge in [0.15, 0.2) is 9.84 Å². The van der Waals surface area contributed by atoms with Gasteiger partial charge in [0.2, 0.25) is 5.91 Å². The molecule has 11 heteroatoms. The van der Waals surface area contributed by atoms with Crippen molar-refractivity contribution in [3.05, 3.63) is 59.2 Å². The first-order valence-electron chi connectivity index (χ1n) is 12.4. The number of rotatable bonds is 6. The number of halogens is 3. The Labute approximate surface area is 220 Å². The van der Waals surface area contributed by atoms with Gasteiger partial charge in [0.25, 0.3) is 5.91 Å². The summed E-state index contributed by atoms with van der Waals surface area (Å²) < 4.78 is 71.9. The maximum atomic E-state index is 14.2. The first-order chi connectivity index (χ1) is 17.7. The van der Waals surface area contributed by atoms with Gasteiger partial charge in [-0.1, -0.05) is 18.2 Å². The number of sulfone groups is 1. The van der Waals surface area contributed by atoms with Gasteiger partial charge in [0.05, 0.1) is 10.3 Å². The number of hydrogen-bond donors (Lipinski definition) is 1. The molecule has 0 spiro atoms. The maximum Gasteiger partial charge on any atom is 0.398 e. The number of ether oxygens (including phenoxy) is 1. The molecule has 1 saturated heterocycles. The third-order valence-corrected chi connectivity index (χ3v) is 8.71. The number of nitrogens with zero attached hydrogens (tertiary/aromatic N) is 1. The highest BCUT2D eigenvalue weighted by Crippen LogP contribution is 2.47. The van der Waals surface area contributed by atoms with E-state index in [2.05, 4.69) is 5.32 Å². The summed E-state index contributed by atoms with van der Waals surface area (Å²) >= 11 is 0. The SMILES string of the molecule is CC(=O)N1Cc2cc(S(C)(=O)=O)ccc2C1C(=O)Nc1ccc(C(C)(CC2CCOCC2)C(F)(F)F)cc1. The lowest BCUT2D eigenvalue weighted by Crippen LogP contribution is -2.42. The van der Waals surface area contributed by atoms with Crippen molar-refractivity contribution >= 4 is 27.3 Å². The molecule has 1 N–H and O–H groups in total. The fourth-order valence-corrected chi connectivity index (χ4v) is 5.96. The summed E-state index contributed by atoms with van der Waals surface area (Å²) in [5.74, 6) is -1.01. The van der Waals surface area contributed by atoms with Gasteiger partial charge in [-0.25, -0.2) is 8.42 Å². The van der Waals surface area contributed by atoms with Gasteiger partial charge in [-0.15, -0.1) is 0 Å². The summed E-state index contributed by atoms with van der Waals surface area (Å²) in [7, 11) is -3.48. The molecule has 2 amide bonds. The van der Waals surface area contributed by atoms with E-state index >= 15 is 0 Å². The number of hydrogen-bond acceptors (Lipinski definition) is 5. The molecule has 0 saturated carbocycles. The van der Waals surface area contributed by atoms with Crippen molar-refractivity contribution in [2.75, 3.05) is 24.8 Å². The molecule has 2 heterocycles. The highest BCUT2D eigenvalue weighted by Gasteiger charge is 2.53. The normalized spacial score (nSPS) is 20.1. The number of carbonyl (C=O) groups excluding carboxylic acids is 2. The molecule has 0 aliphatic carbocycles. The quantitative estimate of drug-likeness (QED) is 0.558. The minimum Gasteiger partial charge on any atom is -0.381 e. The fourth-order valence-electron chi connectivity index (χ4n) is 5.29. The molecule has 2 aliphatic heterocycles. The minimum atomic E-state index is -4.46. The van der Waals surface area contributed by atoms with Crippen molar-refractivity contribution in [1.82, 2.24) is 4.90 Å². The Morgan fingerprint density at radius 2 is 1.71 bits per heavy atom. The molecule has 2 unspecified atom stereocenters. The Balaban J connectivity index is 1.56. The zero-order valence-electron chi connectivity index (χ0n) is 21.5. The van der Waals surface area contributed by atoms with Crippen molar-refractivity contribution in [2.24, 2.45) is 5.92 Å². The summed E-state index contributed by atoms with van der Waals surface area (Å²) in [6.07, 6.45) is -2.26. The fraction of sp³-hybridized carbons (Fsp3) is 0.481. The molecule has 0 radical (unpaired) electrons. The Morgan fingerprint density at radius 3 is 2.26 bits per heavy atom. The van der Waals surface area contributed by atoms with Gasteiger partial charge in [-0.2, -0.15) is 13.2 Å². The van der Waals surface area contributed by atoms with E-state index in [4.69, 9.17) is 4.74 Å². The third-order valence-electron chi connectivity index (χ3n) is 7.60. The Kier molecular flexibility index (Phi) is 7.64. The third kappa shape index (κ3) is 5.58. The molecule has 38 heavy (non-hydrogen) atoms. The molecule has 0 aromatic heterocycles. The first kappa shape index (κ1) is 28.1. The number of benzene rings is 2. The number of fused-ring (bicyclic) bond motifs is 1. The molecule has 2 aliphatic rings. The van der Waals surface area contributed by atoms with E-state index in [1.165, 1.54) is 61.2 Å². The zero-order chi connectivity index (χ0) is 27.9. The summed E-state index contributed by atoms with van der Waals surface area (Å²) in [6.45, 7) is 3.51. The van der Waals surface area contributed by atoms with Crippen LogP contribution in [0.3, 0.4) is 0 Å². The number of anilines is 1. The van der Waals surface area contributed by atoms with Gasteiger partial charge in [-0.3, -0.25) is 9.59 Å². The molecular weight excluding hydrogens is 521 g/mol. The second kappa shape index (κ2) is 10.3. The van der Waals surface area contributed by atoms with Gasteiger partial charge in [0.1, 0.15) is 6.04 Å². The van der Waals surface area contributed by atoms with Crippen LogP contribution in [0.15, 0.2) is 47.4 Å². The average Bonchev–Trinajstić information content (AvgIpc) is 3.23. The van der Waals surface area contributed by atoms with Crippen LogP contribution in [0, 0.1) is 5.92 Å². The molecule has 206 valence electrons. The molecule has 2 aromatic rings. The van der Waals surface area contributed by atoms with Crippen LogP contribution in [0.2, 0.25) is 0 Å². The monoisotopic (exact) mass is 552 g/mol. The summed E-state index contributed by atoms with van der Waals surface area (Å²) in [5.41, 5.74) is -0.598.